The van der Waals surface area contributed by atoms with E-state index in [0.29, 0.717) is 21.7 Å². The number of hydrogen-bond acceptors (Lipinski definition) is 8. The van der Waals surface area contributed by atoms with E-state index in [1.807, 2.05) is 31.2 Å². The lowest BCUT2D eigenvalue weighted by molar-refractivity contribution is -0.121. The van der Waals surface area contributed by atoms with E-state index in [1.54, 1.807) is 23.4 Å². The molecule has 9 heteroatoms. The van der Waals surface area contributed by atoms with Crippen LogP contribution in [0.2, 0.25) is 0 Å². The van der Waals surface area contributed by atoms with Crippen molar-refractivity contribution in [3.05, 3.63) is 58.7 Å². The molecule has 0 aliphatic carbocycles. The number of rotatable bonds is 4. The highest BCUT2D eigenvalue weighted by atomic mass is 32.2. The van der Waals surface area contributed by atoms with Crippen molar-refractivity contribution >= 4 is 56.4 Å². The lowest BCUT2D eigenvalue weighted by atomic mass is 10.1. The summed E-state index contributed by atoms with van der Waals surface area (Å²) in [5.74, 6) is -0.124. The van der Waals surface area contributed by atoms with E-state index in [4.69, 9.17) is 0 Å². The molecule has 0 N–H and O–H groups in total. The fourth-order valence-electron chi connectivity index (χ4n) is 2.57. The minimum Gasteiger partial charge on any atom is -0.282 e. The molecule has 4 rings (SSSR count). The highest BCUT2D eigenvalue weighted by Gasteiger charge is 2.33. The molecule has 2 aromatic heterocycles. The highest BCUT2D eigenvalue weighted by molar-refractivity contribution is 8.18. The van der Waals surface area contributed by atoms with Gasteiger partial charge < -0.3 is 0 Å². The standard InChI is InChI=1S/C18H14N6OS2/c1-3-9-24-16(25)14(27-18(24)21-17-23-22-11(2)26-17)10-12-5-4-6-13-15(12)20-8-7-19-13/h3-8,10H,1,9H2,2H3/b14-10-,21-18+. The van der Waals surface area contributed by atoms with Gasteiger partial charge in [-0.25, -0.2) is 0 Å². The van der Waals surface area contributed by atoms with Gasteiger partial charge in [0, 0.05) is 24.5 Å². The van der Waals surface area contributed by atoms with Crippen LogP contribution >= 0.6 is 23.1 Å². The van der Waals surface area contributed by atoms with Gasteiger partial charge in [-0.1, -0.05) is 29.5 Å². The first-order valence-electron chi connectivity index (χ1n) is 8.06. The largest absolute Gasteiger partial charge is 0.282 e. The first-order chi connectivity index (χ1) is 13.2. The Hall–Kier alpha value is -2.91. The summed E-state index contributed by atoms with van der Waals surface area (Å²) >= 11 is 2.68. The third-order valence-electron chi connectivity index (χ3n) is 3.72. The van der Waals surface area contributed by atoms with Crippen molar-refractivity contribution in [3.8, 4) is 0 Å². The molecule has 0 unspecified atom stereocenters. The number of para-hydroxylation sites is 1. The highest BCUT2D eigenvalue weighted by Crippen LogP contribution is 2.35. The molecule has 0 atom stereocenters. The van der Waals surface area contributed by atoms with Gasteiger partial charge in [0.1, 0.15) is 5.01 Å². The summed E-state index contributed by atoms with van der Waals surface area (Å²) in [4.78, 5) is 28.2. The molecule has 0 bridgehead atoms. The summed E-state index contributed by atoms with van der Waals surface area (Å²) in [5, 5.41) is 9.89. The summed E-state index contributed by atoms with van der Waals surface area (Å²) < 4.78 is 0. The van der Waals surface area contributed by atoms with Gasteiger partial charge in [-0.3, -0.25) is 19.7 Å². The molecule has 1 amide bonds. The Morgan fingerprint density at radius 2 is 2.11 bits per heavy atom. The number of nitrogens with zero attached hydrogens (tertiary/aromatic N) is 6. The lowest BCUT2D eigenvalue weighted by Gasteiger charge is -2.11. The van der Waals surface area contributed by atoms with Crippen LogP contribution < -0.4 is 0 Å². The molecule has 0 saturated carbocycles. The van der Waals surface area contributed by atoms with Crippen LogP contribution in [0.25, 0.3) is 17.1 Å². The van der Waals surface area contributed by atoms with E-state index >= 15 is 0 Å². The predicted molar refractivity (Wildman–Crippen MR) is 109 cm³/mol. The lowest BCUT2D eigenvalue weighted by Crippen LogP contribution is -2.29. The predicted octanol–water partition coefficient (Wildman–Crippen LogP) is 3.58. The number of carbonyl (C=O) groups is 1. The second-order valence-electron chi connectivity index (χ2n) is 5.58. The van der Waals surface area contributed by atoms with Crippen LogP contribution in [0.1, 0.15) is 10.6 Å². The summed E-state index contributed by atoms with van der Waals surface area (Å²) in [7, 11) is 0. The van der Waals surface area contributed by atoms with Gasteiger partial charge in [0.15, 0.2) is 5.17 Å². The number of fused-ring (bicyclic) bond motifs is 1. The van der Waals surface area contributed by atoms with Gasteiger partial charge in [-0.05, 0) is 30.8 Å². The second-order valence-corrected chi connectivity index (χ2v) is 7.75. The van der Waals surface area contributed by atoms with Gasteiger partial charge in [-0.15, -0.1) is 16.8 Å². The van der Waals surface area contributed by atoms with Crippen molar-refractivity contribution in [2.75, 3.05) is 6.54 Å². The average molecular weight is 394 g/mol. The van der Waals surface area contributed by atoms with Crippen LogP contribution in [-0.4, -0.2) is 42.7 Å². The molecule has 1 aromatic carbocycles. The normalized spacial score (nSPS) is 17.4. The minimum atomic E-state index is -0.124. The van der Waals surface area contributed by atoms with Crippen molar-refractivity contribution in [1.82, 2.24) is 25.1 Å². The fraction of sp³-hybridized carbons (Fsp3) is 0.111. The van der Waals surface area contributed by atoms with Gasteiger partial charge in [0.2, 0.25) is 5.13 Å². The zero-order valence-corrected chi connectivity index (χ0v) is 16.0. The number of aryl methyl sites for hydroxylation is 1. The number of amidine groups is 1. The van der Waals surface area contributed by atoms with Crippen LogP contribution in [0, 0.1) is 6.92 Å². The number of carbonyl (C=O) groups excluding carboxylic acids is 1. The van der Waals surface area contributed by atoms with E-state index in [2.05, 4.69) is 31.7 Å². The molecule has 0 spiro atoms. The van der Waals surface area contributed by atoms with Crippen LogP contribution in [0.3, 0.4) is 0 Å². The summed E-state index contributed by atoms with van der Waals surface area (Å²) in [5.41, 5.74) is 2.37. The fourth-order valence-corrected chi connectivity index (χ4v) is 4.16. The third-order valence-corrected chi connectivity index (χ3v) is 5.46. The van der Waals surface area contributed by atoms with Crippen LogP contribution in [0.4, 0.5) is 5.13 Å². The van der Waals surface area contributed by atoms with Crippen LogP contribution in [0.5, 0.6) is 0 Å². The Morgan fingerprint density at radius 1 is 1.26 bits per heavy atom. The summed E-state index contributed by atoms with van der Waals surface area (Å²) in [6.07, 6.45) is 6.79. The topological polar surface area (TPSA) is 84.2 Å². The zero-order chi connectivity index (χ0) is 18.8. The van der Waals surface area contributed by atoms with Crippen LogP contribution in [-0.2, 0) is 4.79 Å². The zero-order valence-electron chi connectivity index (χ0n) is 14.4. The monoisotopic (exact) mass is 394 g/mol. The second kappa shape index (κ2) is 7.37. The smallest absolute Gasteiger partial charge is 0.267 e. The molecular formula is C18H14N6OS2. The number of benzene rings is 1. The van der Waals surface area contributed by atoms with E-state index in [9.17, 15) is 4.79 Å². The first kappa shape index (κ1) is 17.5. The van der Waals surface area contributed by atoms with Gasteiger partial charge >= 0.3 is 0 Å². The molecule has 3 aromatic rings. The third kappa shape index (κ3) is 3.51. The van der Waals surface area contributed by atoms with E-state index < -0.39 is 0 Å². The molecule has 1 fully saturated rings. The van der Waals surface area contributed by atoms with Crippen LogP contribution in [0.15, 0.2) is 53.1 Å². The Kier molecular flexibility index (Phi) is 4.78. The number of amides is 1. The maximum absolute atomic E-state index is 12.9. The molecule has 27 heavy (non-hydrogen) atoms. The minimum absolute atomic E-state index is 0.124. The van der Waals surface area contributed by atoms with Crippen molar-refractivity contribution < 1.29 is 4.79 Å². The number of thioether (sulfide) groups is 1. The van der Waals surface area contributed by atoms with Gasteiger partial charge in [0.25, 0.3) is 5.91 Å². The van der Waals surface area contributed by atoms with E-state index in [1.165, 1.54) is 23.1 Å². The molecular weight excluding hydrogens is 380 g/mol. The summed E-state index contributed by atoms with van der Waals surface area (Å²) in [6.45, 7) is 5.97. The van der Waals surface area contributed by atoms with Gasteiger partial charge in [-0.2, -0.15) is 4.99 Å². The number of hydrogen-bond donors (Lipinski definition) is 0. The van der Waals surface area contributed by atoms with Crippen molar-refractivity contribution in [2.45, 2.75) is 6.92 Å². The molecule has 1 saturated heterocycles. The van der Waals surface area contributed by atoms with Crippen molar-refractivity contribution in [2.24, 2.45) is 4.99 Å². The molecule has 134 valence electrons. The SMILES string of the molecule is C=CCN1C(=O)/C(=C/c2cccc3nccnc23)S/C1=N/c1nnc(C)s1. The molecule has 1 aliphatic rings. The maximum Gasteiger partial charge on any atom is 0.267 e. The van der Waals surface area contributed by atoms with Crippen molar-refractivity contribution in [1.29, 1.82) is 0 Å². The number of aliphatic imine (C=N–C) groups is 1. The quantitative estimate of drug-likeness (QED) is 0.497. The van der Waals surface area contributed by atoms with E-state index in [0.717, 1.165) is 21.6 Å². The van der Waals surface area contributed by atoms with Crippen molar-refractivity contribution in [3.63, 3.8) is 0 Å². The Morgan fingerprint density at radius 3 is 2.89 bits per heavy atom. The molecule has 7 nitrogen and oxygen atoms in total. The molecule has 3 heterocycles. The molecule has 0 radical (unpaired) electrons. The van der Waals surface area contributed by atoms with E-state index in [-0.39, 0.29) is 5.91 Å². The average Bonchev–Trinajstić information content (AvgIpc) is 3.21. The summed E-state index contributed by atoms with van der Waals surface area (Å²) in [6, 6.07) is 5.70. The maximum atomic E-state index is 12.9. The Balaban J connectivity index is 1.75. The number of aromatic nitrogens is 4. The van der Waals surface area contributed by atoms with Gasteiger partial charge in [0.05, 0.1) is 15.9 Å². The Labute approximate surface area is 163 Å². The first-order valence-corrected chi connectivity index (χ1v) is 9.70. The molecule has 1 aliphatic heterocycles. The Bertz CT molecular complexity index is 1100.